The molecule has 3 nitrogen and oxygen atoms in total. The number of rotatable bonds is 11. The van der Waals surface area contributed by atoms with Crippen molar-refractivity contribution in [2.24, 2.45) is 0 Å². The molecule has 0 bridgehead atoms. The molecular formula is C72H51N3Si. The maximum atomic E-state index is 4.59. The maximum absolute atomic E-state index is 4.59. The van der Waals surface area contributed by atoms with Crippen LogP contribution in [0, 0.1) is 0 Å². The zero-order valence-corrected chi connectivity index (χ0v) is 42.8. The number of benzene rings is 11. The number of fused-ring (bicyclic) bond motifs is 8. The third kappa shape index (κ3) is 7.33. The van der Waals surface area contributed by atoms with E-state index in [0.717, 1.165) is 39.0 Å². The molecule has 0 unspecified atom stereocenters. The lowest BCUT2D eigenvalue weighted by molar-refractivity contribution is 1.18. The van der Waals surface area contributed by atoms with Crippen molar-refractivity contribution >= 4 is 114 Å². The number of para-hydroxylation sites is 4. The molecule has 76 heavy (non-hydrogen) atoms. The van der Waals surface area contributed by atoms with Gasteiger partial charge in [0.15, 0.2) is 8.07 Å². The molecule has 14 rings (SSSR count). The summed E-state index contributed by atoms with van der Waals surface area (Å²) in [6, 6.07) is 104. The van der Waals surface area contributed by atoms with Gasteiger partial charge >= 0.3 is 0 Å². The van der Waals surface area contributed by atoms with E-state index in [1.807, 2.05) is 0 Å². The van der Waals surface area contributed by atoms with E-state index >= 15 is 0 Å². The Kier molecular flexibility index (Phi) is 11.0. The van der Waals surface area contributed by atoms with Crippen molar-refractivity contribution in [3.05, 3.63) is 301 Å². The van der Waals surface area contributed by atoms with Gasteiger partial charge in [0, 0.05) is 55.1 Å². The molecular weight excluding hydrogens is 935 g/mol. The Morgan fingerprint density at radius 1 is 0.342 bits per heavy atom. The van der Waals surface area contributed by atoms with E-state index in [1.165, 1.54) is 81.0 Å². The molecule has 0 aliphatic carbocycles. The molecule has 3 aromatic heterocycles. The van der Waals surface area contributed by atoms with Crippen molar-refractivity contribution in [3.63, 3.8) is 0 Å². The highest BCUT2D eigenvalue weighted by atomic mass is 28.3. The molecule has 0 aliphatic heterocycles. The lowest BCUT2D eigenvalue weighted by Gasteiger charge is -2.34. The molecule has 0 atom stereocenters. The third-order valence-corrected chi connectivity index (χ3v) is 20.4. The summed E-state index contributed by atoms with van der Waals surface area (Å²) in [5.74, 6) is 0. The summed E-state index contributed by atoms with van der Waals surface area (Å²) >= 11 is 0. The van der Waals surface area contributed by atoms with E-state index in [9.17, 15) is 0 Å². The van der Waals surface area contributed by atoms with Crippen LogP contribution in [-0.4, -0.2) is 17.0 Å². The molecule has 0 fully saturated rings. The molecule has 0 saturated heterocycles. The molecule has 11 aromatic carbocycles. The van der Waals surface area contributed by atoms with E-state index in [0.29, 0.717) is 0 Å². The Morgan fingerprint density at radius 3 is 1.37 bits per heavy atom. The number of nitrogens with zero attached hydrogens (tertiary/aromatic N) is 3. The minimum atomic E-state index is -2.65. The first-order valence-corrected chi connectivity index (χ1v) is 28.1. The van der Waals surface area contributed by atoms with Crippen LogP contribution in [0.3, 0.4) is 0 Å². The molecule has 0 N–H and O–H groups in total. The van der Waals surface area contributed by atoms with Crippen molar-refractivity contribution in [3.8, 4) is 16.8 Å². The Morgan fingerprint density at radius 2 is 0.776 bits per heavy atom. The van der Waals surface area contributed by atoms with Crippen LogP contribution in [0.4, 0.5) is 17.1 Å². The highest BCUT2D eigenvalue weighted by Crippen LogP contribution is 2.41. The summed E-state index contributed by atoms with van der Waals surface area (Å²) in [7, 11) is -2.65. The van der Waals surface area contributed by atoms with Gasteiger partial charge in [0.2, 0.25) is 0 Å². The molecule has 3 heterocycles. The van der Waals surface area contributed by atoms with Crippen LogP contribution in [0.15, 0.2) is 285 Å². The summed E-state index contributed by atoms with van der Waals surface area (Å²) in [4.78, 5) is 2.39. The van der Waals surface area contributed by atoms with Gasteiger partial charge in [-0.05, 0) is 110 Å². The topological polar surface area (TPSA) is 12.6 Å². The second kappa shape index (κ2) is 18.6. The summed E-state index contributed by atoms with van der Waals surface area (Å²) in [5, 5.41) is 11.3. The predicted molar refractivity (Wildman–Crippen MR) is 327 cm³/mol. The van der Waals surface area contributed by atoms with Crippen LogP contribution >= 0.6 is 0 Å². The van der Waals surface area contributed by atoms with Crippen LogP contribution in [0.25, 0.3) is 84.7 Å². The minimum Gasteiger partial charge on any atom is -0.310 e. The van der Waals surface area contributed by atoms with E-state index in [-0.39, 0.29) is 0 Å². The number of aromatic nitrogens is 2. The summed E-state index contributed by atoms with van der Waals surface area (Å²) in [6.45, 7) is 4.59. The SMILES string of the molecule is C=c1c2ccccc2n2c1c(C=Cc1ccc(N(c3ccc(-c4ccc([Si](c5ccccc5)(c5ccccc5)c5ccccc5)cc4)cc3)c3ccc4c(c3)c3ccccc3n4-c3ccccc3)cc1)c1ccccc12. The molecule has 0 saturated carbocycles. The first kappa shape index (κ1) is 44.9. The van der Waals surface area contributed by atoms with Crippen LogP contribution < -0.4 is 30.9 Å². The zero-order valence-electron chi connectivity index (χ0n) is 41.8. The van der Waals surface area contributed by atoms with Crippen molar-refractivity contribution in [2.45, 2.75) is 0 Å². The molecule has 358 valence electrons. The number of hydrogen-bond acceptors (Lipinski definition) is 1. The average molecular weight is 986 g/mol. The van der Waals surface area contributed by atoms with E-state index in [4.69, 9.17) is 0 Å². The van der Waals surface area contributed by atoms with E-state index in [1.54, 1.807) is 0 Å². The molecule has 4 heteroatoms. The summed E-state index contributed by atoms with van der Waals surface area (Å²) in [6.07, 6.45) is 4.51. The lowest BCUT2D eigenvalue weighted by atomic mass is 10.0. The van der Waals surface area contributed by atoms with E-state index < -0.39 is 8.07 Å². The molecule has 0 aliphatic rings. The molecule has 0 amide bonds. The number of hydrogen-bond donors (Lipinski definition) is 0. The fraction of sp³-hybridized carbons (Fsp3) is 0. The first-order valence-electron chi connectivity index (χ1n) is 26.1. The van der Waals surface area contributed by atoms with Crippen LogP contribution in [0.1, 0.15) is 11.1 Å². The Bertz CT molecular complexity index is 4390. The van der Waals surface area contributed by atoms with Gasteiger partial charge in [-0.15, -0.1) is 0 Å². The van der Waals surface area contributed by atoms with E-state index in [2.05, 4.69) is 318 Å². The second-order valence-corrected chi connectivity index (χ2v) is 23.5. The van der Waals surface area contributed by atoms with Gasteiger partial charge in [-0.3, -0.25) is 0 Å². The molecule has 0 spiro atoms. The Balaban J connectivity index is 0.861. The van der Waals surface area contributed by atoms with Crippen LogP contribution in [0.5, 0.6) is 0 Å². The average Bonchev–Trinajstić information content (AvgIpc) is 4.26. The van der Waals surface area contributed by atoms with Crippen LogP contribution in [0.2, 0.25) is 0 Å². The predicted octanol–water partition coefficient (Wildman–Crippen LogP) is 15.2. The fourth-order valence-corrected chi connectivity index (χ4v) is 16.9. The van der Waals surface area contributed by atoms with Gasteiger partial charge in [-0.25, -0.2) is 0 Å². The van der Waals surface area contributed by atoms with Gasteiger partial charge < -0.3 is 13.9 Å². The Hall–Kier alpha value is -9.74. The summed E-state index contributed by atoms with van der Waals surface area (Å²) < 4.78 is 4.75. The normalized spacial score (nSPS) is 11.9. The zero-order chi connectivity index (χ0) is 50.6. The number of anilines is 3. The minimum absolute atomic E-state index is 1.06. The van der Waals surface area contributed by atoms with Crippen molar-refractivity contribution in [1.82, 2.24) is 8.97 Å². The van der Waals surface area contributed by atoms with Crippen molar-refractivity contribution in [2.75, 3.05) is 4.90 Å². The first-order chi connectivity index (χ1) is 37.6. The van der Waals surface area contributed by atoms with Gasteiger partial charge in [0.1, 0.15) is 0 Å². The lowest BCUT2D eigenvalue weighted by Crippen LogP contribution is -2.74. The maximum Gasteiger partial charge on any atom is 0.179 e. The third-order valence-electron chi connectivity index (χ3n) is 15.6. The monoisotopic (exact) mass is 985 g/mol. The largest absolute Gasteiger partial charge is 0.310 e. The second-order valence-electron chi connectivity index (χ2n) is 19.7. The fourth-order valence-electron chi connectivity index (χ4n) is 12.1. The van der Waals surface area contributed by atoms with Gasteiger partial charge in [0.05, 0.1) is 27.6 Å². The standard InChI is InChI=1S/C72H51N3Si/c1-51-63-28-14-17-31-68(63)75-70-33-19-15-29-64(70)66(72(51)75)48-36-52-34-41-56(42-35-52)73(58-45-49-71-67(50-58)65-30-16-18-32-69(65)74(71)55-20-6-2-7-21-55)57-43-37-53(38-44-57)54-39-46-62(47-40-54)76(59-22-8-3-9-23-59,60-24-10-4-11-25-60)61-26-12-5-13-27-61/h2-50H,1H2. The van der Waals surface area contributed by atoms with Gasteiger partial charge in [-0.2, -0.15) is 0 Å². The van der Waals surface area contributed by atoms with Crippen molar-refractivity contribution < 1.29 is 0 Å². The highest BCUT2D eigenvalue weighted by Gasteiger charge is 2.41. The smallest absolute Gasteiger partial charge is 0.179 e. The van der Waals surface area contributed by atoms with Crippen molar-refractivity contribution in [1.29, 1.82) is 0 Å². The quantitative estimate of drug-likeness (QED) is 0.0929. The molecule has 0 radical (unpaired) electrons. The van der Waals surface area contributed by atoms with Gasteiger partial charge in [0.25, 0.3) is 0 Å². The highest BCUT2D eigenvalue weighted by molar-refractivity contribution is 7.19. The Labute approximate surface area is 443 Å². The molecule has 14 aromatic rings. The summed E-state index contributed by atoms with van der Waals surface area (Å²) in [5.41, 5.74) is 14.9. The van der Waals surface area contributed by atoms with Gasteiger partial charge in [-0.1, -0.05) is 231 Å². The van der Waals surface area contributed by atoms with Crippen LogP contribution in [-0.2, 0) is 0 Å².